The lowest BCUT2D eigenvalue weighted by molar-refractivity contribution is -0.122. The van der Waals surface area contributed by atoms with E-state index in [1.807, 2.05) is 13.0 Å². The number of methoxy groups -OCH3 is 1. The zero-order valence-electron chi connectivity index (χ0n) is 19.0. The smallest absolute Gasteiger partial charge is 0.274 e. The highest BCUT2D eigenvalue weighted by Gasteiger charge is 2.22. The van der Waals surface area contributed by atoms with Gasteiger partial charge >= 0.3 is 0 Å². The first-order chi connectivity index (χ1) is 15.5. The number of ether oxygens (including phenoxy) is 1. The standard InChI is InChI=1S/C24H33N5O3/c1-19-16-26-22(17-25-19)24(31)29(14-15-32-2)13-10-23(30)27-21-8-11-28(12-9-21)18-20-6-4-3-5-7-20/h3-7,16-17,21H,8-15,18H2,1-2H3,(H,27,30). The van der Waals surface area contributed by atoms with Gasteiger partial charge in [0.2, 0.25) is 5.91 Å². The molecule has 8 nitrogen and oxygen atoms in total. The van der Waals surface area contributed by atoms with Crippen LogP contribution in [0, 0.1) is 6.92 Å². The molecule has 1 aromatic heterocycles. The molecule has 0 bridgehead atoms. The van der Waals surface area contributed by atoms with Crippen molar-refractivity contribution in [2.75, 3.05) is 39.9 Å². The number of hydrogen-bond acceptors (Lipinski definition) is 6. The first-order valence-corrected chi connectivity index (χ1v) is 11.2. The number of carbonyl (C=O) groups is 2. The predicted molar refractivity (Wildman–Crippen MR) is 122 cm³/mol. The van der Waals surface area contributed by atoms with Crippen molar-refractivity contribution in [3.05, 3.63) is 59.7 Å². The lowest BCUT2D eigenvalue weighted by Crippen LogP contribution is -2.45. The second-order valence-electron chi connectivity index (χ2n) is 8.18. The van der Waals surface area contributed by atoms with Crippen molar-refractivity contribution >= 4 is 11.8 Å². The van der Waals surface area contributed by atoms with Gasteiger partial charge in [0.25, 0.3) is 5.91 Å². The van der Waals surface area contributed by atoms with Crippen LogP contribution in [0.15, 0.2) is 42.7 Å². The SMILES string of the molecule is COCCN(CCC(=O)NC1CCN(Cc2ccccc2)CC1)C(=O)c1cnc(C)cn1. The van der Waals surface area contributed by atoms with Gasteiger partial charge in [-0.1, -0.05) is 30.3 Å². The van der Waals surface area contributed by atoms with Gasteiger partial charge in [0.1, 0.15) is 5.69 Å². The number of likely N-dealkylation sites (tertiary alicyclic amines) is 1. The van der Waals surface area contributed by atoms with E-state index in [1.165, 1.54) is 11.8 Å². The zero-order valence-corrected chi connectivity index (χ0v) is 19.0. The summed E-state index contributed by atoms with van der Waals surface area (Å²) in [6.07, 6.45) is 5.16. The van der Waals surface area contributed by atoms with E-state index < -0.39 is 0 Å². The van der Waals surface area contributed by atoms with Crippen LogP contribution in [0.3, 0.4) is 0 Å². The number of aromatic nitrogens is 2. The number of amides is 2. The minimum Gasteiger partial charge on any atom is -0.383 e. The van der Waals surface area contributed by atoms with Crippen molar-refractivity contribution < 1.29 is 14.3 Å². The van der Waals surface area contributed by atoms with E-state index in [1.54, 1.807) is 18.2 Å². The summed E-state index contributed by atoms with van der Waals surface area (Å²) in [5.41, 5.74) is 2.34. The van der Waals surface area contributed by atoms with Crippen LogP contribution in [0.2, 0.25) is 0 Å². The largest absolute Gasteiger partial charge is 0.383 e. The molecule has 3 rings (SSSR count). The first kappa shape index (κ1) is 23.8. The van der Waals surface area contributed by atoms with Crippen LogP contribution in [0.1, 0.15) is 41.0 Å². The van der Waals surface area contributed by atoms with Crippen molar-refractivity contribution in [1.82, 2.24) is 25.1 Å². The van der Waals surface area contributed by atoms with E-state index >= 15 is 0 Å². The highest BCUT2D eigenvalue weighted by molar-refractivity contribution is 5.92. The molecular formula is C24H33N5O3. The van der Waals surface area contributed by atoms with Gasteiger partial charge < -0.3 is 15.0 Å². The molecule has 172 valence electrons. The second-order valence-corrected chi connectivity index (χ2v) is 8.18. The Labute approximate surface area is 190 Å². The van der Waals surface area contributed by atoms with Crippen LogP contribution in [-0.2, 0) is 16.1 Å². The number of benzene rings is 1. The van der Waals surface area contributed by atoms with Gasteiger partial charge in [-0.3, -0.25) is 19.5 Å². The number of nitrogens with zero attached hydrogens (tertiary/aromatic N) is 4. The van der Waals surface area contributed by atoms with Gasteiger partial charge in [-0.15, -0.1) is 0 Å². The second kappa shape index (κ2) is 12.3. The van der Waals surface area contributed by atoms with Gasteiger partial charge in [-0.2, -0.15) is 0 Å². The summed E-state index contributed by atoms with van der Waals surface area (Å²) in [6.45, 7) is 5.80. The summed E-state index contributed by atoms with van der Waals surface area (Å²) >= 11 is 0. The molecule has 1 aliphatic rings. The molecule has 1 aliphatic heterocycles. The molecule has 1 N–H and O–H groups in total. The van der Waals surface area contributed by atoms with E-state index in [0.717, 1.165) is 38.2 Å². The summed E-state index contributed by atoms with van der Waals surface area (Å²) in [5, 5.41) is 3.14. The van der Waals surface area contributed by atoms with Gasteiger partial charge in [-0.25, -0.2) is 4.98 Å². The molecule has 2 heterocycles. The normalized spacial score (nSPS) is 14.8. The first-order valence-electron chi connectivity index (χ1n) is 11.2. The summed E-state index contributed by atoms with van der Waals surface area (Å²) in [4.78, 5) is 37.7. The molecule has 8 heteroatoms. The maximum Gasteiger partial charge on any atom is 0.274 e. The Balaban J connectivity index is 1.43. The predicted octanol–water partition coefficient (Wildman–Crippen LogP) is 2.04. The third-order valence-electron chi connectivity index (χ3n) is 5.66. The monoisotopic (exact) mass is 439 g/mol. The molecule has 0 unspecified atom stereocenters. The lowest BCUT2D eigenvalue weighted by Gasteiger charge is -2.32. The number of aryl methyl sites for hydroxylation is 1. The molecule has 0 saturated carbocycles. The van der Waals surface area contributed by atoms with E-state index in [4.69, 9.17) is 4.74 Å². The van der Waals surface area contributed by atoms with Crippen LogP contribution in [-0.4, -0.2) is 77.5 Å². The highest BCUT2D eigenvalue weighted by Crippen LogP contribution is 2.14. The molecule has 0 aliphatic carbocycles. The molecule has 32 heavy (non-hydrogen) atoms. The van der Waals surface area contributed by atoms with Crippen LogP contribution < -0.4 is 5.32 Å². The molecule has 0 spiro atoms. The average molecular weight is 440 g/mol. The zero-order chi connectivity index (χ0) is 22.8. The van der Waals surface area contributed by atoms with E-state index in [-0.39, 0.29) is 30.0 Å². The van der Waals surface area contributed by atoms with Crippen molar-refractivity contribution in [3.8, 4) is 0 Å². The third-order valence-corrected chi connectivity index (χ3v) is 5.66. The minimum atomic E-state index is -0.239. The molecule has 1 aromatic carbocycles. The Morgan fingerprint density at radius 3 is 2.53 bits per heavy atom. The summed E-state index contributed by atoms with van der Waals surface area (Å²) in [7, 11) is 1.59. The maximum atomic E-state index is 12.8. The third kappa shape index (κ3) is 7.39. The molecular weight excluding hydrogens is 406 g/mol. The fraction of sp³-hybridized carbons (Fsp3) is 0.500. The number of hydrogen-bond donors (Lipinski definition) is 1. The van der Waals surface area contributed by atoms with Gasteiger partial charge in [0.05, 0.1) is 18.5 Å². The van der Waals surface area contributed by atoms with Gasteiger partial charge in [-0.05, 0) is 25.3 Å². The summed E-state index contributed by atoms with van der Waals surface area (Å²) < 4.78 is 5.12. The summed E-state index contributed by atoms with van der Waals surface area (Å²) in [5.74, 6) is -0.270. The van der Waals surface area contributed by atoms with E-state index in [9.17, 15) is 9.59 Å². The Kier molecular flexibility index (Phi) is 9.13. The van der Waals surface area contributed by atoms with Crippen molar-refractivity contribution in [2.45, 2.75) is 38.8 Å². The molecule has 2 aromatic rings. The topological polar surface area (TPSA) is 87.7 Å². The molecule has 1 saturated heterocycles. The lowest BCUT2D eigenvalue weighted by atomic mass is 10.0. The Morgan fingerprint density at radius 2 is 1.88 bits per heavy atom. The number of piperidine rings is 1. The Morgan fingerprint density at radius 1 is 1.12 bits per heavy atom. The fourth-order valence-corrected chi connectivity index (χ4v) is 3.79. The minimum absolute atomic E-state index is 0.0308. The molecule has 1 fully saturated rings. The van der Waals surface area contributed by atoms with Crippen LogP contribution in [0.5, 0.6) is 0 Å². The van der Waals surface area contributed by atoms with Crippen molar-refractivity contribution in [3.63, 3.8) is 0 Å². The highest BCUT2D eigenvalue weighted by atomic mass is 16.5. The van der Waals surface area contributed by atoms with Crippen molar-refractivity contribution in [2.24, 2.45) is 0 Å². The van der Waals surface area contributed by atoms with Gasteiger partial charge in [0.15, 0.2) is 0 Å². The van der Waals surface area contributed by atoms with Gasteiger partial charge in [0, 0.05) is 58.5 Å². The molecule has 0 atom stereocenters. The Hall–Kier alpha value is -2.84. The molecule has 2 amide bonds. The van der Waals surface area contributed by atoms with Crippen LogP contribution in [0.25, 0.3) is 0 Å². The van der Waals surface area contributed by atoms with E-state index in [0.29, 0.717) is 19.7 Å². The number of rotatable bonds is 10. The van der Waals surface area contributed by atoms with Crippen LogP contribution >= 0.6 is 0 Å². The number of carbonyl (C=O) groups excluding carboxylic acids is 2. The van der Waals surface area contributed by atoms with Crippen LogP contribution in [0.4, 0.5) is 0 Å². The maximum absolute atomic E-state index is 12.8. The summed E-state index contributed by atoms with van der Waals surface area (Å²) in [6, 6.07) is 10.6. The average Bonchev–Trinajstić information content (AvgIpc) is 2.81. The molecule has 0 radical (unpaired) electrons. The Bertz CT molecular complexity index is 852. The van der Waals surface area contributed by atoms with Crippen molar-refractivity contribution in [1.29, 1.82) is 0 Å². The quantitative estimate of drug-likeness (QED) is 0.610. The van der Waals surface area contributed by atoms with E-state index in [2.05, 4.69) is 44.5 Å². The fourth-order valence-electron chi connectivity index (χ4n) is 3.79. The number of nitrogens with one attached hydrogen (secondary N) is 1.